The number of aryl methyl sites for hydroxylation is 1. The normalized spacial score (nSPS) is 16.1. The molecule has 0 spiro atoms. The smallest absolute Gasteiger partial charge is 0.234 e. The average molecular weight is 271 g/mol. The number of anilines is 1. The second kappa shape index (κ2) is 5.89. The summed E-state index contributed by atoms with van der Waals surface area (Å²) in [7, 11) is 0. The van der Waals surface area contributed by atoms with Gasteiger partial charge in [0, 0.05) is 18.4 Å². The van der Waals surface area contributed by atoms with Crippen molar-refractivity contribution in [2.24, 2.45) is 5.92 Å². The zero-order chi connectivity index (χ0) is 14.7. The van der Waals surface area contributed by atoms with Crippen LogP contribution >= 0.6 is 0 Å². The number of hydrogen-bond acceptors (Lipinski definition) is 3. The molecule has 1 heterocycles. The zero-order valence-corrected chi connectivity index (χ0v) is 11.6. The molecule has 2 rings (SSSR count). The van der Waals surface area contributed by atoms with E-state index < -0.39 is 0 Å². The number of benzene rings is 1. The van der Waals surface area contributed by atoms with Crippen molar-refractivity contribution < 1.29 is 14.7 Å². The number of rotatable bonds is 1. The van der Waals surface area contributed by atoms with Gasteiger partial charge in [-0.05, 0) is 30.5 Å². The van der Waals surface area contributed by atoms with Gasteiger partial charge in [0.15, 0.2) is 0 Å². The quantitative estimate of drug-likeness (QED) is 0.624. The summed E-state index contributed by atoms with van der Waals surface area (Å²) in [6.45, 7) is 3.54. The first-order valence-electron chi connectivity index (χ1n) is 6.59. The molecule has 20 heavy (non-hydrogen) atoms. The first-order valence-corrected chi connectivity index (χ1v) is 6.59. The average Bonchev–Trinajstić information content (AvgIpc) is 2.38. The van der Waals surface area contributed by atoms with Crippen LogP contribution in [0.1, 0.15) is 30.9 Å². The predicted molar refractivity (Wildman–Crippen MR) is 76.0 cm³/mol. The highest BCUT2D eigenvalue weighted by atomic mass is 16.2. The van der Waals surface area contributed by atoms with Crippen molar-refractivity contribution in [2.45, 2.75) is 26.7 Å². The topological polar surface area (TPSA) is 57.6 Å². The monoisotopic (exact) mass is 271 g/mol. The fraction of sp³-hybridized carbons (Fsp3) is 0.375. The lowest BCUT2D eigenvalue weighted by Crippen LogP contribution is -2.43. The van der Waals surface area contributed by atoms with Crippen LogP contribution in [-0.4, -0.2) is 23.5 Å². The zero-order valence-electron chi connectivity index (χ0n) is 11.6. The Morgan fingerprint density at radius 2 is 1.95 bits per heavy atom. The van der Waals surface area contributed by atoms with Gasteiger partial charge in [0.25, 0.3) is 0 Å². The molecule has 104 valence electrons. The molecule has 0 saturated carbocycles. The Balaban J connectivity index is 2.40. The van der Waals surface area contributed by atoms with Crippen molar-refractivity contribution in [1.29, 1.82) is 0 Å². The van der Waals surface area contributed by atoms with Gasteiger partial charge < -0.3 is 5.11 Å². The Bertz CT molecular complexity index is 592. The number of imide groups is 1. The Morgan fingerprint density at radius 1 is 1.30 bits per heavy atom. The summed E-state index contributed by atoms with van der Waals surface area (Å²) in [5.41, 5.74) is 2.13. The van der Waals surface area contributed by atoms with E-state index in [2.05, 4.69) is 11.8 Å². The number of hydrogen-bond donors (Lipinski definition) is 1. The van der Waals surface area contributed by atoms with Gasteiger partial charge in [0.1, 0.15) is 6.61 Å². The fourth-order valence-electron chi connectivity index (χ4n) is 2.33. The highest BCUT2D eigenvalue weighted by molar-refractivity contribution is 6.17. The van der Waals surface area contributed by atoms with Gasteiger partial charge in [0.2, 0.25) is 11.8 Å². The molecule has 2 amide bonds. The Morgan fingerprint density at radius 3 is 2.55 bits per heavy atom. The molecule has 1 aromatic carbocycles. The van der Waals surface area contributed by atoms with Crippen molar-refractivity contribution in [1.82, 2.24) is 0 Å². The molecule has 0 aromatic heterocycles. The number of carbonyl (C=O) groups is 2. The maximum atomic E-state index is 12.1. The van der Waals surface area contributed by atoms with Crippen molar-refractivity contribution in [2.75, 3.05) is 11.5 Å². The number of piperidine rings is 1. The lowest BCUT2D eigenvalue weighted by molar-refractivity contribution is -0.130. The van der Waals surface area contributed by atoms with Crippen LogP contribution in [-0.2, 0) is 9.59 Å². The number of aliphatic hydroxyl groups excluding tert-OH is 1. The van der Waals surface area contributed by atoms with E-state index in [0.29, 0.717) is 24.1 Å². The van der Waals surface area contributed by atoms with Gasteiger partial charge in [-0.25, -0.2) is 0 Å². The third-order valence-corrected chi connectivity index (χ3v) is 3.31. The molecular weight excluding hydrogens is 254 g/mol. The molecule has 0 aliphatic carbocycles. The van der Waals surface area contributed by atoms with Crippen molar-refractivity contribution in [3.8, 4) is 11.8 Å². The maximum absolute atomic E-state index is 12.1. The Kier molecular flexibility index (Phi) is 4.21. The molecule has 4 heteroatoms. The van der Waals surface area contributed by atoms with Crippen molar-refractivity contribution in [3.05, 3.63) is 29.3 Å². The summed E-state index contributed by atoms with van der Waals surface area (Å²) in [5.74, 6) is 5.13. The van der Waals surface area contributed by atoms with Crippen molar-refractivity contribution >= 4 is 17.5 Å². The second-order valence-corrected chi connectivity index (χ2v) is 5.10. The molecule has 1 aromatic rings. The van der Waals surface area contributed by atoms with E-state index in [4.69, 9.17) is 5.11 Å². The minimum Gasteiger partial charge on any atom is -0.384 e. The van der Waals surface area contributed by atoms with E-state index in [1.54, 1.807) is 6.07 Å². The van der Waals surface area contributed by atoms with E-state index in [1.165, 1.54) is 4.90 Å². The molecule has 1 saturated heterocycles. The van der Waals surface area contributed by atoms with E-state index in [1.807, 2.05) is 26.0 Å². The predicted octanol–water partition coefficient (Wildman–Crippen LogP) is 1.63. The summed E-state index contributed by atoms with van der Waals surface area (Å²) < 4.78 is 0. The molecule has 1 fully saturated rings. The Labute approximate surface area is 118 Å². The largest absolute Gasteiger partial charge is 0.384 e. The van der Waals surface area contributed by atoms with E-state index in [-0.39, 0.29) is 24.3 Å². The van der Waals surface area contributed by atoms with Crippen LogP contribution in [0.15, 0.2) is 18.2 Å². The minimum atomic E-state index is -0.220. The van der Waals surface area contributed by atoms with Crippen LogP contribution in [0.4, 0.5) is 5.69 Å². The molecule has 1 aliphatic rings. The summed E-state index contributed by atoms with van der Waals surface area (Å²) in [6.07, 6.45) is 0.773. The summed E-state index contributed by atoms with van der Waals surface area (Å²) in [4.78, 5) is 25.5. The standard InChI is InChI=1S/C16H17NO3/c1-11-8-15(19)17(16(20)9-11)14-10-13(4-3-7-18)6-5-12(14)2/h5-6,10-11,18H,7-9H2,1-2H3. The lowest BCUT2D eigenvalue weighted by atomic mass is 9.96. The highest BCUT2D eigenvalue weighted by Gasteiger charge is 2.32. The molecular formula is C16H17NO3. The third-order valence-electron chi connectivity index (χ3n) is 3.31. The first-order chi connectivity index (χ1) is 9.52. The van der Waals surface area contributed by atoms with Crippen LogP contribution in [0.3, 0.4) is 0 Å². The van der Waals surface area contributed by atoms with Gasteiger partial charge in [-0.1, -0.05) is 24.8 Å². The number of amides is 2. The van der Waals surface area contributed by atoms with Gasteiger partial charge >= 0.3 is 0 Å². The molecule has 1 aliphatic heterocycles. The summed E-state index contributed by atoms with van der Waals surface area (Å²) in [6, 6.07) is 5.36. The van der Waals surface area contributed by atoms with Gasteiger partial charge in [-0.3, -0.25) is 14.5 Å². The van der Waals surface area contributed by atoms with Gasteiger partial charge in [0.05, 0.1) is 5.69 Å². The van der Waals surface area contributed by atoms with Gasteiger partial charge in [-0.2, -0.15) is 0 Å². The van der Waals surface area contributed by atoms with Crippen LogP contribution in [0.25, 0.3) is 0 Å². The molecule has 1 N–H and O–H groups in total. The van der Waals surface area contributed by atoms with Crippen LogP contribution < -0.4 is 4.90 Å². The highest BCUT2D eigenvalue weighted by Crippen LogP contribution is 2.28. The molecule has 0 radical (unpaired) electrons. The van der Waals surface area contributed by atoms with E-state index >= 15 is 0 Å². The number of aliphatic hydroxyl groups is 1. The first kappa shape index (κ1) is 14.3. The molecule has 0 unspecified atom stereocenters. The van der Waals surface area contributed by atoms with E-state index in [0.717, 1.165) is 5.56 Å². The van der Waals surface area contributed by atoms with Crippen LogP contribution in [0.5, 0.6) is 0 Å². The van der Waals surface area contributed by atoms with Crippen LogP contribution in [0.2, 0.25) is 0 Å². The summed E-state index contributed by atoms with van der Waals surface area (Å²) >= 11 is 0. The van der Waals surface area contributed by atoms with E-state index in [9.17, 15) is 9.59 Å². The summed E-state index contributed by atoms with van der Waals surface area (Å²) in [5, 5.41) is 8.72. The van der Waals surface area contributed by atoms with Gasteiger partial charge in [-0.15, -0.1) is 0 Å². The van der Waals surface area contributed by atoms with Crippen molar-refractivity contribution in [3.63, 3.8) is 0 Å². The molecule has 0 bridgehead atoms. The molecule has 4 nitrogen and oxygen atoms in total. The maximum Gasteiger partial charge on any atom is 0.234 e. The number of carbonyl (C=O) groups excluding carboxylic acids is 2. The lowest BCUT2D eigenvalue weighted by Gasteiger charge is -2.29. The third kappa shape index (κ3) is 2.89. The Hall–Kier alpha value is -2.12. The minimum absolute atomic E-state index is 0.101. The molecule has 0 atom stereocenters. The number of nitrogens with zero attached hydrogens (tertiary/aromatic N) is 1. The van der Waals surface area contributed by atoms with Crippen LogP contribution in [0, 0.1) is 24.7 Å². The SMILES string of the molecule is Cc1ccc(C#CCO)cc1N1C(=O)CC(C)CC1=O. The second-order valence-electron chi connectivity index (χ2n) is 5.10. The fourth-order valence-corrected chi connectivity index (χ4v) is 2.33.